The molecule has 0 atom stereocenters. The second kappa shape index (κ2) is 7.84. The molecule has 2 aromatic carbocycles. The number of nitrogens with one attached hydrogen (secondary N) is 1. The number of rotatable bonds is 6. The molecule has 138 valence electrons. The summed E-state index contributed by atoms with van der Waals surface area (Å²) in [7, 11) is -3.47. The van der Waals surface area contributed by atoms with Crippen molar-refractivity contribution in [3.63, 3.8) is 0 Å². The Morgan fingerprint density at radius 1 is 1.04 bits per heavy atom. The Morgan fingerprint density at radius 2 is 1.65 bits per heavy atom. The molecule has 2 aromatic rings. The van der Waals surface area contributed by atoms with Crippen LogP contribution in [0.2, 0.25) is 0 Å². The van der Waals surface area contributed by atoms with Gasteiger partial charge in [0.05, 0.1) is 4.90 Å². The Hall–Kier alpha value is -2.45. The average Bonchev–Trinajstić information content (AvgIpc) is 3.17. The first-order chi connectivity index (χ1) is 12.4. The lowest BCUT2D eigenvalue weighted by atomic mass is 10.3. The molecule has 0 spiro atoms. The third-order valence-corrected chi connectivity index (χ3v) is 5.94. The Bertz CT molecular complexity index is 861. The van der Waals surface area contributed by atoms with E-state index in [1.165, 1.54) is 40.7 Å². The van der Waals surface area contributed by atoms with Gasteiger partial charge in [0.25, 0.3) is 5.91 Å². The van der Waals surface area contributed by atoms with E-state index in [-0.39, 0.29) is 17.3 Å². The molecule has 0 saturated carbocycles. The Kier molecular flexibility index (Phi) is 5.53. The molecule has 0 unspecified atom stereocenters. The highest BCUT2D eigenvalue weighted by Crippen LogP contribution is 2.22. The van der Waals surface area contributed by atoms with Crippen molar-refractivity contribution in [2.75, 3.05) is 25.0 Å². The molecular weight excluding hydrogens is 359 g/mol. The molecule has 3 rings (SSSR count). The number of benzene rings is 2. The number of hydrogen-bond acceptors (Lipinski definition) is 4. The van der Waals surface area contributed by atoms with E-state index in [1.807, 2.05) is 0 Å². The Labute approximate surface area is 151 Å². The standard InChI is InChI=1S/C18H19FN2O4S/c19-14-3-7-16(8-4-14)25-13-18(22)20-15-5-9-17(10-6-15)26(23,24)21-11-1-2-12-21/h3-10H,1-2,11-13H2,(H,20,22). The molecule has 0 radical (unpaired) electrons. The van der Waals surface area contributed by atoms with Gasteiger partial charge in [0.2, 0.25) is 10.0 Å². The quantitative estimate of drug-likeness (QED) is 0.838. The zero-order chi connectivity index (χ0) is 18.6. The fraction of sp³-hybridized carbons (Fsp3) is 0.278. The minimum atomic E-state index is -3.47. The number of carbonyl (C=O) groups is 1. The predicted octanol–water partition coefficient (Wildman–Crippen LogP) is 2.63. The van der Waals surface area contributed by atoms with Crippen LogP contribution in [0.15, 0.2) is 53.4 Å². The maximum absolute atomic E-state index is 12.8. The lowest BCUT2D eigenvalue weighted by Crippen LogP contribution is -2.27. The second-order valence-corrected chi connectivity index (χ2v) is 7.86. The summed E-state index contributed by atoms with van der Waals surface area (Å²) in [5.74, 6) is -0.399. The average molecular weight is 378 g/mol. The monoisotopic (exact) mass is 378 g/mol. The molecule has 1 fully saturated rings. The lowest BCUT2D eigenvalue weighted by molar-refractivity contribution is -0.118. The maximum Gasteiger partial charge on any atom is 0.262 e. The van der Waals surface area contributed by atoms with Gasteiger partial charge in [-0.1, -0.05) is 0 Å². The summed E-state index contributed by atoms with van der Waals surface area (Å²) >= 11 is 0. The summed E-state index contributed by atoms with van der Waals surface area (Å²) in [5, 5.41) is 2.63. The van der Waals surface area contributed by atoms with Crippen molar-refractivity contribution in [2.24, 2.45) is 0 Å². The van der Waals surface area contributed by atoms with Crippen LogP contribution in [0.4, 0.5) is 10.1 Å². The highest BCUT2D eigenvalue weighted by molar-refractivity contribution is 7.89. The van der Waals surface area contributed by atoms with E-state index in [4.69, 9.17) is 4.74 Å². The number of hydrogen-bond donors (Lipinski definition) is 1. The van der Waals surface area contributed by atoms with Gasteiger partial charge in [-0.25, -0.2) is 12.8 Å². The van der Waals surface area contributed by atoms with Crippen LogP contribution in [0.3, 0.4) is 0 Å². The highest BCUT2D eigenvalue weighted by Gasteiger charge is 2.26. The Balaban J connectivity index is 1.56. The molecule has 0 bridgehead atoms. The molecular formula is C18H19FN2O4S. The Morgan fingerprint density at radius 3 is 2.27 bits per heavy atom. The number of amides is 1. The molecule has 6 nitrogen and oxygen atoms in total. The molecule has 0 aliphatic carbocycles. The number of anilines is 1. The van der Waals surface area contributed by atoms with Crippen LogP contribution < -0.4 is 10.1 Å². The number of nitrogens with zero attached hydrogens (tertiary/aromatic N) is 1. The van der Waals surface area contributed by atoms with E-state index < -0.39 is 15.9 Å². The fourth-order valence-corrected chi connectivity index (χ4v) is 4.18. The molecule has 1 aliphatic heterocycles. The van der Waals surface area contributed by atoms with E-state index in [0.717, 1.165) is 12.8 Å². The fourth-order valence-electron chi connectivity index (χ4n) is 2.66. The van der Waals surface area contributed by atoms with Crippen LogP contribution >= 0.6 is 0 Å². The van der Waals surface area contributed by atoms with E-state index in [9.17, 15) is 17.6 Å². The van der Waals surface area contributed by atoms with Crippen molar-refractivity contribution in [1.82, 2.24) is 4.31 Å². The number of halogens is 1. The maximum atomic E-state index is 12.8. The van der Waals surface area contributed by atoms with Crippen LogP contribution in [0.5, 0.6) is 5.75 Å². The smallest absolute Gasteiger partial charge is 0.262 e. The van der Waals surface area contributed by atoms with Gasteiger partial charge < -0.3 is 10.1 Å². The SMILES string of the molecule is O=C(COc1ccc(F)cc1)Nc1ccc(S(=O)(=O)N2CCCC2)cc1. The minimum Gasteiger partial charge on any atom is -0.484 e. The first-order valence-corrected chi connectivity index (χ1v) is 9.67. The normalized spacial score (nSPS) is 15.0. The largest absolute Gasteiger partial charge is 0.484 e. The molecule has 1 aliphatic rings. The predicted molar refractivity (Wildman–Crippen MR) is 95.0 cm³/mol. The first-order valence-electron chi connectivity index (χ1n) is 8.23. The first kappa shape index (κ1) is 18.3. The van der Waals surface area contributed by atoms with Gasteiger partial charge in [-0.3, -0.25) is 4.79 Å². The third-order valence-electron chi connectivity index (χ3n) is 4.02. The zero-order valence-corrected chi connectivity index (χ0v) is 14.8. The van der Waals surface area contributed by atoms with Crippen LogP contribution in [0.1, 0.15) is 12.8 Å². The molecule has 1 amide bonds. The van der Waals surface area contributed by atoms with Gasteiger partial charge >= 0.3 is 0 Å². The molecule has 26 heavy (non-hydrogen) atoms. The van der Waals surface area contributed by atoms with E-state index in [2.05, 4.69) is 5.32 Å². The van der Waals surface area contributed by atoms with Crippen LogP contribution in [0.25, 0.3) is 0 Å². The van der Waals surface area contributed by atoms with Gasteiger partial charge in [0, 0.05) is 18.8 Å². The van der Waals surface area contributed by atoms with Gasteiger partial charge in [-0.05, 0) is 61.4 Å². The van der Waals surface area contributed by atoms with Gasteiger partial charge in [0.15, 0.2) is 6.61 Å². The van der Waals surface area contributed by atoms with E-state index >= 15 is 0 Å². The van der Waals surface area contributed by atoms with Crippen molar-refractivity contribution in [1.29, 1.82) is 0 Å². The summed E-state index contributed by atoms with van der Waals surface area (Å²) in [6, 6.07) is 11.4. The van der Waals surface area contributed by atoms with Crippen LogP contribution in [-0.2, 0) is 14.8 Å². The topological polar surface area (TPSA) is 75.7 Å². The summed E-state index contributed by atoms with van der Waals surface area (Å²) in [5.41, 5.74) is 0.470. The number of ether oxygens (including phenoxy) is 1. The lowest BCUT2D eigenvalue weighted by Gasteiger charge is -2.15. The van der Waals surface area contributed by atoms with Crippen molar-refractivity contribution in [3.05, 3.63) is 54.3 Å². The summed E-state index contributed by atoms with van der Waals surface area (Å²) in [4.78, 5) is 12.1. The molecule has 1 heterocycles. The van der Waals surface area contributed by atoms with Crippen molar-refractivity contribution < 1.29 is 22.3 Å². The summed E-state index contributed by atoms with van der Waals surface area (Å²) < 4.78 is 44.4. The van der Waals surface area contributed by atoms with E-state index in [0.29, 0.717) is 24.5 Å². The van der Waals surface area contributed by atoms with Crippen LogP contribution in [-0.4, -0.2) is 38.3 Å². The van der Waals surface area contributed by atoms with Gasteiger partial charge in [0.1, 0.15) is 11.6 Å². The van der Waals surface area contributed by atoms with Crippen molar-refractivity contribution in [2.45, 2.75) is 17.7 Å². The van der Waals surface area contributed by atoms with Crippen molar-refractivity contribution in [3.8, 4) is 5.75 Å². The zero-order valence-electron chi connectivity index (χ0n) is 14.0. The minimum absolute atomic E-state index is 0.208. The number of carbonyl (C=O) groups excluding carboxylic acids is 1. The highest BCUT2D eigenvalue weighted by atomic mass is 32.2. The molecule has 8 heteroatoms. The third kappa shape index (κ3) is 4.39. The number of sulfonamides is 1. The molecule has 1 N–H and O–H groups in total. The summed E-state index contributed by atoms with van der Waals surface area (Å²) in [6.45, 7) is 0.850. The van der Waals surface area contributed by atoms with Gasteiger partial charge in [-0.2, -0.15) is 4.31 Å². The van der Waals surface area contributed by atoms with Gasteiger partial charge in [-0.15, -0.1) is 0 Å². The molecule has 1 saturated heterocycles. The van der Waals surface area contributed by atoms with E-state index in [1.54, 1.807) is 12.1 Å². The summed E-state index contributed by atoms with van der Waals surface area (Å²) in [6.07, 6.45) is 1.75. The van der Waals surface area contributed by atoms with Crippen molar-refractivity contribution >= 4 is 21.6 Å². The second-order valence-electron chi connectivity index (χ2n) is 5.93. The van der Waals surface area contributed by atoms with Crippen LogP contribution in [0, 0.1) is 5.82 Å². The molecule has 0 aromatic heterocycles.